The van der Waals surface area contributed by atoms with Crippen LogP contribution in [0.1, 0.15) is 0 Å². The number of hydrogen-bond acceptors (Lipinski definition) is 7. The summed E-state index contributed by atoms with van der Waals surface area (Å²) in [7, 11) is 3.92. The number of carbonyl (C=O) groups is 1. The Morgan fingerprint density at radius 1 is 1.19 bits per heavy atom. The number of hydrogen-bond donors (Lipinski definition) is 1. The fourth-order valence-corrected chi connectivity index (χ4v) is 3.10. The van der Waals surface area contributed by atoms with Crippen molar-refractivity contribution in [1.29, 1.82) is 0 Å². The van der Waals surface area contributed by atoms with Gasteiger partial charge in [-0.3, -0.25) is 19.7 Å². The van der Waals surface area contributed by atoms with E-state index < -0.39 is 0 Å². The Balaban J connectivity index is 1.48. The van der Waals surface area contributed by atoms with Crippen molar-refractivity contribution in [3.63, 3.8) is 0 Å². The molecular weight excluding hydrogens is 344 g/mol. The third-order valence-corrected chi connectivity index (χ3v) is 4.70. The monoisotopic (exact) mass is 366 g/mol. The summed E-state index contributed by atoms with van der Waals surface area (Å²) in [6.45, 7) is 4.10. The summed E-state index contributed by atoms with van der Waals surface area (Å²) >= 11 is 0. The Bertz CT molecular complexity index is 961. The number of amides is 1. The first-order valence-electron chi connectivity index (χ1n) is 8.91. The second kappa shape index (κ2) is 7.37. The van der Waals surface area contributed by atoms with E-state index in [0.29, 0.717) is 12.5 Å². The molecule has 0 aliphatic carbocycles. The predicted molar refractivity (Wildman–Crippen MR) is 102 cm³/mol. The summed E-state index contributed by atoms with van der Waals surface area (Å²) in [6.07, 6.45) is 3.56. The average Bonchev–Trinajstić information content (AvgIpc) is 3.09. The minimum atomic E-state index is -0.0935. The SMILES string of the molecule is CN1CCN(CC(=O)Nc2ncc3ccc(-c4cn(C)nn4)cc3n2)CC1. The Morgan fingerprint density at radius 3 is 2.74 bits per heavy atom. The lowest BCUT2D eigenvalue weighted by Crippen LogP contribution is -2.47. The first kappa shape index (κ1) is 17.5. The van der Waals surface area contributed by atoms with Crippen LogP contribution in [0.5, 0.6) is 0 Å². The molecule has 27 heavy (non-hydrogen) atoms. The van der Waals surface area contributed by atoms with Crippen LogP contribution in [0.3, 0.4) is 0 Å². The van der Waals surface area contributed by atoms with Crippen LogP contribution in [0.25, 0.3) is 22.2 Å². The van der Waals surface area contributed by atoms with Crippen molar-refractivity contribution >= 4 is 22.8 Å². The molecule has 9 nitrogen and oxygen atoms in total. The number of anilines is 1. The topological polar surface area (TPSA) is 92.1 Å². The van der Waals surface area contributed by atoms with Crippen LogP contribution >= 0.6 is 0 Å². The van der Waals surface area contributed by atoms with Crippen LogP contribution in [0.15, 0.2) is 30.6 Å². The zero-order chi connectivity index (χ0) is 18.8. The van der Waals surface area contributed by atoms with Gasteiger partial charge in [0.1, 0.15) is 5.69 Å². The van der Waals surface area contributed by atoms with Gasteiger partial charge in [-0.25, -0.2) is 9.97 Å². The number of piperazine rings is 1. The van der Waals surface area contributed by atoms with Gasteiger partial charge >= 0.3 is 0 Å². The lowest BCUT2D eigenvalue weighted by Gasteiger charge is -2.31. The van der Waals surface area contributed by atoms with Crippen molar-refractivity contribution in [2.45, 2.75) is 0 Å². The highest BCUT2D eigenvalue weighted by atomic mass is 16.2. The van der Waals surface area contributed by atoms with Crippen molar-refractivity contribution in [2.24, 2.45) is 7.05 Å². The van der Waals surface area contributed by atoms with E-state index in [2.05, 4.69) is 42.4 Å². The molecule has 1 amide bonds. The molecule has 4 rings (SSSR count). The number of carbonyl (C=O) groups excluding carboxylic acids is 1. The van der Waals surface area contributed by atoms with E-state index in [1.54, 1.807) is 10.9 Å². The maximum atomic E-state index is 12.3. The van der Waals surface area contributed by atoms with E-state index >= 15 is 0 Å². The summed E-state index contributed by atoms with van der Waals surface area (Å²) in [5, 5.41) is 11.8. The fourth-order valence-electron chi connectivity index (χ4n) is 3.10. The average molecular weight is 366 g/mol. The Kier molecular flexibility index (Phi) is 4.78. The molecule has 1 fully saturated rings. The molecule has 0 spiro atoms. The summed E-state index contributed by atoms with van der Waals surface area (Å²) in [6, 6.07) is 5.83. The number of nitrogens with one attached hydrogen (secondary N) is 1. The maximum Gasteiger partial charge on any atom is 0.240 e. The standard InChI is InChI=1S/C18H22N8O/c1-24-5-7-26(8-6-24)12-17(27)21-18-19-10-14-4-3-13(9-15(14)20-18)16-11-25(2)23-22-16/h3-4,9-11H,5-8,12H2,1-2H3,(H,19,20,21,27). The van der Waals surface area contributed by atoms with Crippen molar-refractivity contribution in [3.05, 3.63) is 30.6 Å². The Labute approximate surface area is 157 Å². The normalized spacial score (nSPS) is 15.9. The first-order chi connectivity index (χ1) is 13.1. The van der Waals surface area contributed by atoms with Gasteiger partial charge in [-0.05, 0) is 13.1 Å². The van der Waals surface area contributed by atoms with E-state index in [0.717, 1.165) is 48.3 Å². The molecule has 0 saturated carbocycles. The number of fused-ring (bicyclic) bond motifs is 1. The molecule has 1 aromatic carbocycles. The molecule has 0 unspecified atom stereocenters. The van der Waals surface area contributed by atoms with Gasteiger partial charge < -0.3 is 4.90 Å². The fraction of sp³-hybridized carbons (Fsp3) is 0.389. The number of aryl methyl sites for hydroxylation is 1. The van der Waals surface area contributed by atoms with Gasteiger partial charge in [0.25, 0.3) is 0 Å². The minimum Gasteiger partial charge on any atom is -0.304 e. The third kappa shape index (κ3) is 4.09. The molecule has 2 aromatic heterocycles. The van der Waals surface area contributed by atoms with E-state index in [9.17, 15) is 4.79 Å². The van der Waals surface area contributed by atoms with Gasteiger partial charge in [-0.1, -0.05) is 17.3 Å². The van der Waals surface area contributed by atoms with Crippen LogP contribution in [-0.4, -0.2) is 80.4 Å². The second-order valence-corrected chi connectivity index (χ2v) is 6.87. The Hall–Kier alpha value is -2.91. The first-order valence-corrected chi connectivity index (χ1v) is 8.91. The zero-order valence-corrected chi connectivity index (χ0v) is 15.5. The lowest BCUT2D eigenvalue weighted by atomic mass is 10.1. The highest BCUT2D eigenvalue weighted by Gasteiger charge is 2.17. The molecule has 140 valence electrons. The summed E-state index contributed by atoms with van der Waals surface area (Å²) < 4.78 is 1.66. The number of rotatable bonds is 4. The van der Waals surface area contributed by atoms with E-state index in [4.69, 9.17) is 0 Å². The summed E-state index contributed by atoms with van der Waals surface area (Å²) in [5.41, 5.74) is 2.45. The summed E-state index contributed by atoms with van der Waals surface area (Å²) in [5.74, 6) is 0.224. The van der Waals surface area contributed by atoms with Crippen LogP contribution < -0.4 is 5.32 Å². The van der Waals surface area contributed by atoms with Crippen molar-refractivity contribution in [2.75, 3.05) is 45.1 Å². The van der Waals surface area contributed by atoms with E-state index in [1.165, 1.54) is 0 Å². The zero-order valence-electron chi connectivity index (χ0n) is 15.5. The molecular formula is C18H22N8O. The molecule has 1 saturated heterocycles. The molecule has 0 bridgehead atoms. The maximum absolute atomic E-state index is 12.3. The molecule has 3 aromatic rings. The molecule has 3 heterocycles. The molecule has 1 aliphatic rings. The molecule has 9 heteroatoms. The molecule has 0 radical (unpaired) electrons. The second-order valence-electron chi connectivity index (χ2n) is 6.87. The third-order valence-electron chi connectivity index (χ3n) is 4.70. The van der Waals surface area contributed by atoms with E-state index in [1.807, 2.05) is 31.4 Å². The van der Waals surface area contributed by atoms with Crippen LogP contribution in [-0.2, 0) is 11.8 Å². The lowest BCUT2D eigenvalue weighted by molar-refractivity contribution is -0.117. The van der Waals surface area contributed by atoms with Gasteiger partial charge in [0, 0.05) is 50.4 Å². The quantitative estimate of drug-likeness (QED) is 0.723. The molecule has 0 atom stereocenters. The van der Waals surface area contributed by atoms with Gasteiger partial charge in [-0.2, -0.15) is 0 Å². The van der Waals surface area contributed by atoms with Gasteiger partial charge in [0.15, 0.2) is 0 Å². The summed E-state index contributed by atoms with van der Waals surface area (Å²) in [4.78, 5) is 25.5. The predicted octanol–water partition coefficient (Wildman–Crippen LogP) is 0.611. The minimum absolute atomic E-state index is 0.0935. The van der Waals surface area contributed by atoms with Crippen LogP contribution in [0.4, 0.5) is 5.95 Å². The van der Waals surface area contributed by atoms with Crippen molar-refractivity contribution in [3.8, 4) is 11.3 Å². The Morgan fingerprint density at radius 2 is 2.00 bits per heavy atom. The molecule has 1 N–H and O–H groups in total. The van der Waals surface area contributed by atoms with Crippen LogP contribution in [0, 0.1) is 0 Å². The van der Waals surface area contributed by atoms with Crippen molar-refractivity contribution in [1.82, 2.24) is 34.8 Å². The molecule has 1 aliphatic heterocycles. The smallest absolute Gasteiger partial charge is 0.240 e. The number of likely N-dealkylation sites (N-methyl/N-ethyl adjacent to an activating group) is 1. The number of nitrogens with zero attached hydrogens (tertiary/aromatic N) is 7. The van der Waals surface area contributed by atoms with Gasteiger partial charge in [0.2, 0.25) is 11.9 Å². The van der Waals surface area contributed by atoms with Gasteiger partial charge in [0.05, 0.1) is 18.3 Å². The van der Waals surface area contributed by atoms with Gasteiger partial charge in [-0.15, -0.1) is 5.10 Å². The largest absolute Gasteiger partial charge is 0.304 e. The number of aromatic nitrogens is 5. The highest BCUT2D eigenvalue weighted by molar-refractivity contribution is 5.92. The van der Waals surface area contributed by atoms with Crippen molar-refractivity contribution < 1.29 is 4.79 Å². The number of benzene rings is 1. The highest BCUT2D eigenvalue weighted by Crippen LogP contribution is 2.21. The van der Waals surface area contributed by atoms with Crippen LogP contribution in [0.2, 0.25) is 0 Å². The van der Waals surface area contributed by atoms with E-state index in [-0.39, 0.29) is 5.91 Å².